The van der Waals surface area contributed by atoms with Crippen LogP contribution in [0.25, 0.3) is 10.9 Å². The van der Waals surface area contributed by atoms with Crippen LogP contribution in [-0.4, -0.2) is 33.4 Å². The van der Waals surface area contributed by atoms with Gasteiger partial charge < -0.3 is 9.88 Å². The third-order valence-corrected chi connectivity index (χ3v) is 6.09. The Morgan fingerprint density at radius 1 is 1.33 bits per heavy atom. The lowest BCUT2D eigenvalue weighted by molar-refractivity contribution is -0.137. The number of carbonyl (C=O) groups excluding carboxylic acids is 1. The number of carbonyl (C=O) groups is 1. The predicted molar refractivity (Wildman–Crippen MR) is 95.8 cm³/mol. The molecule has 1 saturated carbocycles. The van der Waals surface area contributed by atoms with Crippen molar-refractivity contribution in [2.45, 2.75) is 63.8 Å². The minimum absolute atomic E-state index is 0.222. The molecule has 3 unspecified atom stereocenters. The molecule has 0 aromatic carbocycles. The Labute approximate surface area is 143 Å². The van der Waals surface area contributed by atoms with Crippen molar-refractivity contribution in [3.63, 3.8) is 0 Å². The second-order valence-electron chi connectivity index (χ2n) is 7.61. The van der Waals surface area contributed by atoms with Crippen molar-refractivity contribution in [3.8, 4) is 0 Å². The van der Waals surface area contributed by atoms with Gasteiger partial charge in [-0.1, -0.05) is 19.8 Å². The summed E-state index contributed by atoms with van der Waals surface area (Å²) >= 11 is 0. The number of aromatic nitrogens is 2. The average molecular weight is 325 g/mol. The number of amides is 1. The highest BCUT2D eigenvalue weighted by Gasteiger charge is 2.35. The fourth-order valence-electron chi connectivity index (χ4n) is 4.81. The molecular weight excluding hydrogens is 298 g/mol. The molecular formula is C20H27N3O. The van der Waals surface area contributed by atoms with Gasteiger partial charge in [-0.05, 0) is 49.1 Å². The predicted octanol–water partition coefficient (Wildman–Crippen LogP) is 4.24. The molecule has 4 rings (SSSR count). The molecule has 24 heavy (non-hydrogen) atoms. The van der Waals surface area contributed by atoms with Crippen molar-refractivity contribution in [3.05, 3.63) is 30.2 Å². The first-order chi connectivity index (χ1) is 11.7. The quantitative estimate of drug-likeness (QED) is 0.917. The van der Waals surface area contributed by atoms with Crippen molar-refractivity contribution in [2.75, 3.05) is 6.54 Å². The van der Waals surface area contributed by atoms with Gasteiger partial charge in [-0.2, -0.15) is 0 Å². The van der Waals surface area contributed by atoms with E-state index >= 15 is 0 Å². The van der Waals surface area contributed by atoms with Crippen LogP contribution in [0.1, 0.15) is 63.4 Å². The van der Waals surface area contributed by atoms with E-state index in [2.05, 4.69) is 21.8 Å². The average Bonchev–Trinajstić information content (AvgIpc) is 3.05. The lowest BCUT2D eigenvalue weighted by Crippen LogP contribution is -2.49. The van der Waals surface area contributed by atoms with Crippen LogP contribution in [0.4, 0.5) is 0 Å². The Balaban J connectivity index is 1.48. The summed E-state index contributed by atoms with van der Waals surface area (Å²) in [5.74, 6) is 1.32. The zero-order valence-corrected chi connectivity index (χ0v) is 14.5. The fraction of sp³-hybridized carbons (Fsp3) is 0.600. The maximum atomic E-state index is 13.0. The number of fused-ring (bicyclic) bond motifs is 2. The monoisotopic (exact) mass is 325 g/mol. The number of rotatable bonds is 3. The van der Waals surface area contributed by atoms with Gasteiger partial charge in [0.1, 0.15) is 0 Å². The molecule has 4 heteroatoms. The summed E-state index contributed by atoms with van der Waals surface area (Å²) in [5.41, 5.74) is 2.31. The highest BCUT2D eigenvalue weighted by atomic mass is 16.2. The number of hydrogen-bond donors (Lipinski definition) is 1. The molecule has 2 aromatic rings. The molecule has 1 N–H and O–H groups in total. The van der Waals surface area contributed by atoms with Gasteiger partial charge in [0, 0.05) is 48.5 Å². The van der Waals surface area contributed by atoms with Crippen LogP contribution in [0.5, 0.6) is 0 Å². The maximum Gasteiger partial charge on any atom is 0.223 e. The summed E-state index contributed by atoms with van der Waals surface area (Å²) in [6.07, 6.45) is 14.0. The summed E-state index contributed by atoms with van der Waals surface area (Å²) in [7, 11) is 0. The van der Waals surface area contributed by atoms with E-state index in [9.17, 15) is 4.79 Å². The van der Waals surface area contributed by atoms with E-state index in [-0.39, 0.29) is 5.92 Å². The van der Waals surface area contributed by atoms with E-state index in [1.807, 2.05) is 18.5 Å². The number of hydrogen-bond acceptors (Lipinski definition) is 2. The van der Waals surface area contributed by atoms with Crippen LogP contribution in [-0.2, 0) is 4.79 Å². The first-order valence-corrected chi connectivity index (χ1v) is 9.44. The Kier molecular flexibility index (Phi) is 4.30. The number of nitrogens with zero attached hydrogens (tertiary/aromatic N) is 2. The van der Waals surface area contributed by atoms with Crippen LogP contribution < -0.4 is 0 Å². The molecule has 2 aromatic heterocycles. The Morgan fingerprint density at radius 2 is 2.17 bits per heavy atom. The lowest BCUT2D eigenvalue weighted by Gasteiger charge is -2.44. The summed E-state index contributed by atoms with van der Waals surface area (Å²) in [5, 5.41) is 1.15. The minimum Gasteiger partial charge on any atom is -0.361 e. The zero-order valence-electron chi connectivity index (χ0n) is 14.5. The summed E-state index contributed by atoms with van der Waals surface area (Å²) in [6.45, 7) is 3.12. The smallest absolute Gasteiger partial charge is 0.223 e. The first-order valence-electron chi connectivity index (χ1n) is 9.44. The van der Waals surface area contributed by atoms with Crippen LogP contribution in [0, 0.1) is 5.92 Å². The fourth-order valence-corrected chi connectivity index (χ4v) is 4.81. The summed E-state index contributed by atoms with van der Waals surface area (Å²) in [4.78, 5) is 22.8. The van der Waals surface area contributed by atoms with E-state index in [4.69, 9.17) is 0 Å². The van der Waals surface area contributed by atoms with Gasteiger partial charge in [-0.3, -0.25) is 9.78 Å². The van der Waals surface area contributed by atoms with Gasteiger partial charge in [0.25, 0.3) is 0 Å². The van der Waals surface area contributed by atoms with Crippen LogP contribution in [0.3, 0.4) is 0 Å². The molecule has 0 spiro atoms. The molecule has 3 heterocycles. The Morgan fingerprint density at radius 3 is 3.08 bits per heavy atom. The Bertz CT molecular complexity index is 720. The number of H-pyrrole nitrogens is 1. The SMILES string of the molecule is CC(CC(=O)N1CCCC2CCCCC21)c1c[nH]c2ccncc12. The van der Waals surface area contributed by atoms with Crippen molar-refractivity contribution >= 4 is 16.8 Å². The molecule has 1 aliphatic carbocycles. The topological polar surface area (TPSA) is 49.0 Å². The van der Waals surface area contributed by atoms with Gasteiger partial charge >= 0.3 is 0 Å². The molecule has 1 saturated heterocycles. The van der Waals surface area contributed by atoms with Gasteiger partial charge in [0.15, 0.2) is 0 Å². The number of nitrogens with one attached hydrogen (secondary N) is 1. The van der Waals surface area contributed by atoms with Gasteiger partial charge in [0.2, 0.25) is 5.91 Å². The van der Waals surface area contributed by atoms with Crippen LogP contribution in [0.15, 0.2) is 24.7 Å². The largest absolute Gasteiger partial charge is 0.361 e. The first kappa shape index (κ1) is 15.7. The molecule has 1 aliphatic heterocycles. The number of aromatic amines is 1. The molecule has 3 atom stereocenters. The normalized spacial score (nSPS) is 25.5. The number of piperidine rings is 1. The van der Waals surface area contributed by atoms with Crippen molar-refractivity contribution < 1.29 is 4.79 Å². The molecule has 0 bridgehead atoms. The van der Waals surface area contributed by atoms with Gasteiger partial charge in [-0.25, -0.2) is 0 Å². The van der Waals surface area contributed by atoms with Crippen LogP contribution in [0.2, 0.25) is 0 Å². The second kappa shape index (κ2) is 6.58. The molecule has 128 valence electrons. The van der Waals surface area contributed by atoms with Gasteiger partial charge in [0.05, 0.1) is 0 Å². The minimum atomic E-state index is 0.222. The van der Waals surface area contributed by atoms with Crippen LogP contribution >= 0.6 is 0 Å². The van der Waals surface area contributed by atoms with E-state index < -0.39 is 0 Å². The summed E-state index contributed by atoms with van der Waals surface area (Å²) < 4.78 is 0. The highest BCUT2D eigenvalue weighted by Crippen LogP contribution is 2.36. The van der Waals surface area contributed by atoms with Crippen molar-refractivity contribution in [2.24, 2.45) is 5.92 Å². The molecule has 1 amide bonds. The second-order valence-corrected chi connectivity index (χ2v) is 7.61. The Hall–Kier alpha value is -1.84. The molecule has 0 radical (unpaired) electrons. The molecule has 4 nitrogen and oxygen atoms in total. The third kappa shape index (κ3) is 2.83. The number of likely N-dealkylation sites (tertiary alicyclic amines) is 1. The van der Waals surface area contributed by atoms with Gasteiger partial charge in [-0.15, -0.1) is 0 Å². The lowest BCUT2D eigenvalue weighted by atomic mass is 9.78. The third-order valence-electron chi connectivity index (χ3n) is 6.09. The molecule has 2 fully saturated rings. The van der Waals surface area contributed by atoms with E-state index in [1.165, 1.54) is 44.1 Å². The van der Waals surface area contributed by atoms with Crippen molar-refractivity contribution in [1.29, 1.82) is 0 Å². The zero-order chi connectivity index (χ0) is 16.5. The highest BCUT2D eigenvalue weighted by molar-refractivity contribution is 5.84. The molecule has 2 aliphatic rings. The summed E-state index contributed by atoms with van der Waals surface area (Å²) in [6, 6.07) is 2.50. The van der Waals surface area contributed by atoms with Crippen molar-refractivity contribution in [1.82, 2.24) is 14.9 Å². The van der Waals surface area contributed by atoms with E-state index in [1.54, 1.807) is 6.20 Å². The standard InChI is InChI=1S/C20H27N3O/c1-14(16-13-22-18-8-9-21-12-17(16)18)11-20(24)23-10-4-6-15-5-2-3-7-19(15)23/h8-9,12-15,19,22H,2-7,10-11H2,1H3. The maximum absolute atomic E-state index is 13.0. The van der Waals surface area contributed by atoms with E-state index in [0.29, 0.717) is 18.4 Å². The van der Waals surface area contributed by atoms with E-state index in [0.717, 1.165) is 23.4 Å². The number of pyridine rings is 1.